The molecule has 0 bridgehead atoms. The van der Waals surface area contributed by atoms with Crippen LogP contribution in [-0.4, -0.2) is 16.8 Å². The number of hydrogen-bond donors (Lipinski definition) is 2. The van der Waals surface area contributed by atoms with Gasteiger partial charge in [-0.05, 0) is 48.0 Å². The Balaban J connectivity index is 1.84. The highest BCUT2D eigenvalue weighted by Crippen LogP contribution is 2.24. The molecule has 1 heterocycles. The van der Waals surface area contributed by atoms with Crippen molar-refractivity contribution in [2.75, 3.05) is 10.6 Å². The van der Waals surface area contributed by atoms with Gasteiger partial charge in [0.2, 0.25) is 11.8 Å². The van der Waals surface area contributed by atoms with E-state index in [1.165, 1.54) is 19.1 Å². The Hall–Kier alpha value is -3.54. The highest BCUT2D eigenvalue weighted by Gasteiger charge is 2.22. The molecule has 142 valence electrons. The molecule has 2 N–H and O–H groups in total. The van der Waals surface area contributed by atoms with Gasteiger partial charge >= 0.3 is 0 Å². The van der Waals surface area contributed by atoms with Gasteiger partial charge in [0, 0.05) is 36.6 Å². The van der Waals surface area contributed by atoms with Crippen LogP contribution < -0.4 is 10.6 Å². The van der Waals surface area contributed by atoms with Crippen LogP contribution in [0.2, 0.25) is 0 Å². The Kier molecular flexibility index (Phi) is 6.11. The predicted octanol–water partition coefficient (Wildman–Crippen LogP) is 4.14. The van der Waals surface area contributed by atoms with Gasteiger partial charge in [0.05, 0.1) is 5.92 Å². The molecule has 0 saturated heterocycles. The third-order valence-corrected chi connectivity index (χ3v) is 4.18. The van der Waals surface area contributed by atoms with Crippen molar-refractivity contribution in [1.82, 2.24) is 4.98 Å². The van der Waals surface area contributed by atoms with E-state index < -0.39 is 5.92 Å². The number of amides is 2. The van der Waals surface area contributed by atoms with Crippen LogP contribution >= 0.6 is 0 Å². The predicted molar refractivity (Wildman–Crippen MR) is 106 cm³/mol. The summed E-state index contributed by atoms with van der Waals surface area (Å²) in [5.41, 5.74) is 2.61. The number of nitrogens with zero attached hydrogens (tertiary/aromatic N) is 1. The standard InChI is InChI=1S/C22H20FN3O2/c1-15(27)25-19-6-4-7-20(13-19)26-22(28)21(14-18-5-2-3-12-24-18)16-8-10-17(23)11-9-16/h2-13,21H,14H2,1H3,(H,25,27)(H,26,28). The topological polar surface area (TPSA) is 71.1 Å². The molecular formula is C22H20FN3O2. The second-order valence-electron chi connectivity index (χ2n) is 6.38. The van der Waals surface area contributed by atoms with Crippen molar-refractivity contribution >= 4 is 23.2 Å². The number of pyridine rings is 1. The lowest BCUT2D eigenvalue weighted by Crippen LogP contribution is -2.23. The highest BCUT2D eigenvalue weighted by molar-refractivity contribution is 5.97. The second-order valence-corrected chi connectivity index (χ2v) is 6.38. The van der Waals surface area contributed by atoms with Crippen molar-refractivity contribution in [3.63, 3.8) is 0 Å². The Bertz CT molecular complexity index is 959. The number of benzene rings is 2. The van der Waals surface area contributed by atoms with E-state index in [1.807, 2.05) is 18.2 Å². The third-order valence-electron chi connectivity index (χ3n) is 4.18. The van der Waals surface area contributed by atoms with Crippen molar-refractivity contribution in [3.8, 4) is 0 Å². The zero-order valence-electron chi connectivity index (χ0n) is 15.4. The lowest BCUT2D eigenvalue weighted by Gasteiger charge is -2.17. The SMILES string of the molecule is CC(=O)Nc1cccc(NC(=O)C(Cc2ccccn2)c2ccc(F)cc2)c1. The van der Waals surface area contributed by atoms with Crippen LogP contribution in [0.4, 0.5) is 15.8 Å². The van der Waals surface area contributed by atoms with Crippen LogP contribution in [-0.2, 0) is 16.0 Å². The number of hydrogen-bond acceptors (Lipinski definition) is 3. The molecule has 28 heavy (non-hydrogen) atoms. The van der Waals surface area contributed by atoms with Gasteiger partial charge in [-0.3, -0.25) is 14.6 Å². The first-order chi connectivity index (χ1) is 13.5. The molecule has 2 amide bonds. The normalized spacial score (nSPS) is 11.5. The molecule has 1 unspecified atom stereocenters. The first kappa shape index (κ1) is 19.2. The fourth-order valence-electron chi connectivity index (χ4n) is 2.89. The summed E-state index contributed by atoms with van der Waals surface area (Å²) in [5, 5.41) is 5.56. The van der Waals surface area contributed by atoms with Crippen LogP contribution in [0.5, 0.6) is 0 Å². The van der Waals surface area contributed by atoms with E-state index in [-0.39, 0.29) is 17.6 Å². The number of rotatable bonds is 6. The van der Waals surface area contributed by atoms with Gasteiger partial charge in [0.15, 0.2) is 0 Å². The highest BCUT2D eigenvalue weighted by atomic mass is 19.1. The van der Waals surface area contributed by atoms with Gasteiger partial charge in [-0.15, -0.1) is 0 Å². The second kappa shape index (κ2) is 8.90. The molecule has 1 atom stereocenters. The molecule has 3 aromatic rings. The number of aromatic nitrogens is 1. The van der Waals surface area contributed by atoms with Gasteiger partial charge in [0.25, 0.3) is 0 Å². The van der Waals surface area contributed by atoms with E-state index in [4.69, 9.17) is 0 Å². The maximum absolute atomic E-state index is 13.3. The fraction of sp³-hybridized carbons (Fsp3) is 0.136. The minimum atomic E-state index is -0.542. The summed E-state index contributed by atoms with van der Waals surface area (Å²) in [7, 11) is 0. The number of halogens is 1. The van der Waals surface area contributed by atoms with Crippen LogP contribution in [0.15, 0.2) is 72.9 Å². The Morgan fingerprint density at radius 1 is 0.964 bits per heavy atom. The van der Waals surface area contributed by atoms with Gasteiger partial charge in [0.1, 0.15) is 5.82 Å². The lowest BCUT2D eigenvalue weighted by atomic mass is 9.93. The van der Waals surface area contributed by atoms with Crippen molar-refractivity contribution in [3.05, 3.63) is 90.0 Å². The fourth-order valence-corrected chi connectivity index (χ4v) is 2.89. The van der Waals surface area contributed by atoms with Crippen molar-refractivity contribution in [1.29, 1.82) is 0 Å². The molecule has 6 heteroatoms. The van der Waals surface area contributed by atoms with Gasteiger partial charge < -0.3 is 10.6 Å². The van der Waals surface area contributed by atoms with Crippen molar-refractivity contribution in [2.24, 2.45) is 0 Å². The van der Waals surface area contributed by atoms with E-state index in [2.05, 4.69) is 15.6 Å². The number of anilines is 2. The van der Waals surface area contributed by atoms with E-state index in [9.17, 15) is 14.0 Å². The lowest BCUT2D eigenvalue weighted by molar-refractivity contribution is -0.117. The van der Waals surface area contributed by atoms with Crippen LogP contribution in [0, 0.1) is 5.82 Å². The summed E-state index contributed by atoms with van der Waals surface area (Å²) in [6, 6.07) is 18.3. The van der Waals surface area contributed by atoms with Gasteiger partial charge in [-0.1, -0.05) is 24.3 Å². The van der Waals surface area contributed by atoms with E-state index in [0.29, 0.717) is 23.4 Å². The number of carbonyl (C=O) groups excluding carboxylic acids is 2. The molecule has 0 saturated carbocycles. The summed E-state index contributed by atoms with van der Waals surface area (Å²) in [6.07, 6.45) is 2.05. The minimum Gasteiger partial charge on any atom is -0.326 e. The molecule has 0 radical (unpaired) electrons. The summed E-state index contributed by atoms with van der Waals surface area (Å²) in [4.78, 5) is 28.5. The van der Waals surface area contributed by atoms with Gasteiger partial charge in [-0.25, -0.2) is 4.39 Å². The Morgan fingerprint density at radius 2 is 1.68 bits per heavy atom. The zero-order valence-corrected chi connectivity index (χ0v) is 15.4. The van der Waals surface area contributed by atoms with E-state index in [0.717, 1.165) is 5.69 Å². The Labute approximate surface area is 162 Å². The minimum absolute atomic E-state index is 0.192. The van der Waals surface area contributed by atoms with Gasteiger partial charge in [-0.2, -0.15) is 0 Å². The smallest absolute Gasteiger partial charge is 0.232 e. The maximum Gasteiger partial charge on any atom is 0.232 e. The van der Waals surface area contributed by atoms with E-state index in [1.54, 1.807) is 42.6 Å². The summed E-state index contributed by atoms with van der Waals surface area (Å²) in [6.45, 7) is 1.42. The molecule has 1 aromatic heterocycles. The monoisotopic (exact) mass is 377 g/mol. The molecule has 0 aliphatic carbocycles. The average Bonchev–Trinajstić information content (AvgIpc) is 2.67. The molecule has 3 rings (SSSR count). The third kappa shape index (κ3) is 5.23. The quantitative estimate of drug-likeness (QED) is 0.678. The molecule has 0 fully saturated rings. The molecular weight excluding hydrogens is 357 g/mol. The summed E-state index contributed by atoms with van der Waals surface area (Å²) >= 11 is 0. The van der Waals surface area contributed by atoms with Crippen molar-refractivity contribution < 1.29 is 14.0 Å². The first-order valence-electron chi connectivity index (χ1n) is 8.85. The van der Waals surface area contributed by atoms with E-state index >= 15 is 0 Å². The zero-order chi connectivity index (χ0) is 19.9. The number of nitrogens with one attached hydrogen (secondary N) is 2. The summed E-state index contributed by atoms with van der Waals surface area (Å²) < 4.78 is 13.3. The largest absolute Gasteiger partial charge is 0.326 e. The average molecular weight is 377 g/mol. The maximum atomic E-state index is 13.3. The molecule has 0 aliphatic heterocycles. The number of carbonyl (C=O) groups is 2. The molecule has 0 aliphatic rings. The van der Waals surface area contributed by atoms with Crippen molar-refractivity contribution in [2.45, 2.75) is 19.3 Å². The van der Waals surface area contributed by atoms with Crippen LogP contribution in [0.1, 0.15) is 24.1 Å². The van der Waals surface area contributed by atoms with Crippen LogP contribution in [0.3, 0.4) is 0 Å². The van der Waals surface area contributed by atoms with Crippen LogP contribution in [0.25, 0.3) is 0 Å². The summed E-state index contributed by atoms with van der Waals surface area (Å²) in [5.74, 6) is -1.33. The molecule has 0 spiro atoms. The Morgan fingerprint density at radius 3 is 2.32 bits per heavy atom. The first-order valence-corrected chi connectivity index (χ1v) is 8.85. The molecule has 5 nitrogen and oxygen atoms in total. The molecule has 2 aromatic carbocycles.